The van der Waals surface area contributed by atoms with E-state index in [1.54, 1.807) is 0 Å². The van der Waals surface area contributed by atoms with Crippen LogP contribution in [0.3, 0.4) is 0 Å². The van der Waals surface area contributed by atoms with E-state index in [-0.39, 0.29) is 11.0 Å². The summed E-state index contributed by atoms with van der Waals surface area (Å²) in [7, 11) is 0. The Bertz CT molecular complexity index is 168. The van der Waals surface area contributed by atoms with Gasteiger partial charge in [-0.2, -0.15) is 0 Å². The molecule has 0 atom stereocenters. The fourth-order valence-corrected chi connectivity index (χ4v) is 2.09. The van der Waals surface area contributed by atoms with Crippen LogP contribution < -0.4 is 5.73 Å². The van der Waals surface area contributed by atoms with Gasteiger partial charge in [-0.15, -0.1) is 0 Å². The number of aliphatic carboxylic acids is 1. The van der Waals surface area contributed by atoms with Crippen molar-refractivity contribution in [3.05, 3.63) is 0 Å². The van der Waals surface area contributed by atoms with Crippen molar-refractivity contribution in [1.82, 2.24) is 0 Å². The number of nitrogens with two attached hydrogens (primary N) is 1. The van der Waals surface area contributed by atoms with E-state index in [4.69, 9.17) is 10.8 Å². The highest BCUT2D eigenvalue weighted by atomic mass is 16.4. The van der Waals surface area contributed by atoms with Crippen LogP contribution >= 0.6 is 0 Å². The van der Waals surface area contributed by atoms with E-state index >= 15 is 0 Å². The first-order valence-corrected chi connectivity index (χ1v) is 3.09. The fraction of sp³-hybridized carbons (Fsp3) is 0.833. The molecular formula is C6H9NO2. The standard InChI is InChI=1S/C6H9NO2/c7-6-1-5(2-6,3-6)4(8)9/h1-3,7H2,(H,8,9). The van der Waals surface area contributed by atoms with Gasteiger partial charge < -0.3 is 10.8 Å². The van der Waals surface area contributed by atoms with Crippen molar-refractivity contribution in [2.24, 2.45) is 11.1 Å². The molecule has 0 spiro atoms. The summed E-state index contributed by atoms with van der Waals surface area (Å²) in [5, 5.41) is 8.59. The second-order valence-corrected chi connectivity index (χ2v) is 3.48. The van der Waals surface area contributed by atoms with Crippen molar-refractivity contribution >= 4 is 5.97 Å². The minimum atomic E-state index is -0.658. The Morgan fingerprint density at radius 3 is 2.00 bits per heavy atom. The average Bonchev–Trinajstić information content (AvgIpc) is 1.54. The van der Waals surface area contributed by atoms with Gasteiger partial charge in [0, 0.05) is 5.54 Å². The van der Waals surface area contributed by atoms with E-state index in [2.05, 4.69) is 0 Å². The molecule has 0 heterocycles. The second kappa shape index (κ2) is 1.01. The predicted molar refractivity (Wildman–Crippen MR) is 30.8 cm³/mol. The highest BCUT2D eigenvalue weighted by Crippen LogP contribution is 2.65. The smallest absolute Gasteiger partial charge is 0.309 e. The third-order valence-corrected chi connectivity index (χ3v) is 2.53. The van der Waals surface area contributed by atoms with Crippen LogP contribution in [-0.2, 0) is 4.79 Å². The Kier molecular flexibility index (Phi) is 0.588. The summed E-state index contributed by atoms with van der Waals surface area (Å²) in [6.45, 7) is 0. The molecular weight excluding hydrogens is 118 g/mol. The van der Waals surface area contributed by atoms with Crippen molar-refractivity contribution in [2.75, 3.05) is 0 Å². The van der Waals surface area contributed by atoms with Crippen LogP contribution in [0.5, 0.6) is 0 Å². The SMILES string of the molecule is NC12CC(C(=O)O)(C1)C2. The lowest BCUT2D eigenvalue weighted by atomic mass is 9.40. The van der Waals surface area contributed by atoms with Gasteiger partial charge in [0.05, 0.1) is 5.41 Å². The van der Waals surface area contributed by atoms with Crippen LogP contribution in [0.2, 0.25) is 0 Å². The molecule has 0 aliphatic heterocycles. The van der Waals surface area contributed by atoms with Gasteiger partial charge in [-0.1, -0.05) is 0 Å². The highest BCUT2D eigenvalue weighted by Gasteiger charge is 2.70. The van der Waals surface area contributed by atoms with Gasteiger partial charge >= 0.3 is 5.97 Å². The average molecular weight is 127 g/mol. The van der Waals surface area contributed by atoms with Gasteiger partial charge in [-0.3, -0.25) is 4.79 Å². The number of hydrogen-bond acceptors (Lipinski definition) is 2. The third-order valence-electron chi connectivity index (χ3n) is 2.53. The van der Waals surface area contributed by atoms with Crippen molar-refractivity contribution in [2.45, 2.75) is 24.8 Å². The maximum absolute atomic E-state index is 10.4. The van der Waals surface area contributed by atoms with Gasteiger partial charge in [0.25, 0.3) is 0 Å². The van der Waals surface area contributed by atoms with Gasteiger partial charge in [0.1, 0.15) is 0 Å². The lowest BCUT2D eigenvalue weighted by Crippen LogP contribution is -2.74. The van der Waals surface area contributed by atoms with Crippen LogP contribution in [0.1, 0.15) is 19.3 Å². The summed E-state index contributed by atoms with van der Waals surface area (Å²) in [6.07, 6.45) is 2.11. The molecule has 3 aliphatic carbocycles. The lowest BCUT2D eigenvalue weighted by Gasteiger charge is -2.66. The molecule has 3 rings (SSSR count). The van der Waals surface area contributed by atoms with E-state index in [1.165, 1.54) is 0 Å². The number of carboxylic acids is 1. The topological polar surface area (TPSA) is 63.3 Å². The van der Waals surface area contributed by atoms with Crippen molar-refractivity contribution in [3.8, 4) is 0 Å². The number of hydrogen-bond donors (Lipinski definition) is 2. The predicted octanol–water partition coefficient (Wildman–Crippen LogP) is -0.0476. The zero-order valence-electron chi connectivity index (χ0n) is 5.05. The summed E-state index contributed by atoms with van der Waals surface area (Å²) < 4.78 is 0. The summed E-state index contributed by atoms with van der Waals surface area (Å²) in [4.78, 5) is 10.4. The molecule has 0 radical (unpaired) electrons. The molecule has 3 saturated carbocycles. The molecule has 2 bridgehead atoms. The van der Waals surface area contributed by atoms with Gasteiger partial charge in [-0.05, 0) is 19.3 Å². The molecule has 0 aromatic heterocycles. The first kappa shape index (κ1) is 5.23. The molecule has 3 fully saturated rings. The molecule has 3 aliphatic rings. The quantitative estimate of drug-likeness (QED) is 0.519. The van der Waals surface area contributed by atoms with E-state index in [9.17, 15) is 4.79 Å². The van der Waals surface area contributed by atoms with Crippen LogP contribution in [0.4, 0.5) is 0 Å². The summed E-state index contributed by atoms with van der Waals surface area (Å²) >= 11 is 0. The Hall–Kier alpha value is -0.570. The van der Waals surface area contributed by atoms with Crippen molar-refractivity contribution < 1.29 is 9.90 Å². The summed E-state index contributed by atoms with van der Waals surface area (Å²) in [6, 6.07) is 0. The van der Waals surface area contributed by atoms with E-state index in [1.807, 2.05) is 0 Å². The second-order valence-electron chi connectivity index (χ2n) is 3.48. The van der Waals surface area contributed by atoms with Crippen molar-refractivity contribution in [1.29, 1.82) is 0 Å². The van der Waals surface area contributed by atoms with E-state index in [0.29, 0.717) is 19.3 Å². The van der Waals surface area contributed by atoms with E-state index in [0.717, 1.165) is 0 Å². The summed E-state index contributed by atoms with van der Waals surface area (Å²) in [5.74, 6) is -0.658. The first-order valence-electron chi connectivity index (χ1n) is 3.09. The minimum absolute atomic E-state index is 0.0710. The van der Waals surface area contributed by atoms with Gasteiger partial charge in [0.15, 0.2) is 0 Å². The molecule has 0 aromatic rings. The zero-order chi connectivity index (χ0) is 6.70. The van der Waals surface area contributed by atoms with E-state index < -0.39 is 5.97 Å². The first-order chi connectivity index (χ1) is 4.06. The number of carbonyl (C=O) groups is 1. The van der Waals surface area contributed by atoms with Gasteiger partial charge in [-0.25, -0.2) is 0 Å². The summed E-state index contributed by atoms with van der Waals surface area (Å²) in [5.41, 5.74) is 5.20. The van der Waals surface area contributed by atoms with Crippen LogP contribution in [0, 0.1) is 5.41 Å². The van der Waals surface area contributed by atoms with Crippen LogP contribution in [0.25, 0.3) is 0 Å². The van der Waals surface area contributed by atoms with Gasteiger partial charge in [0.2, 0.25) is 0 Å². The molecule has 3 N–H and O–H groups in total. The van der Waals surface area contributed by atoms with Crippen LogP contribution in [-0.4, -0.2) is 16.6 Å². The minimum Gasteiger partial charge on any atom is -0.481 e. The molecule has 3 heteroatoms. The largest absolute Gasteiger partial charge is 0.481 e. The normalized spacial score (nSPS) is 53.4. The lowest BCUT2D eigenvalue weighted by molar-refractivity contribution is -0.190. The number of rotatable bonds is 1. The maximum atomic E-state index is 10.4. The molecule has 0 unspecified atom stereocenters. The molecule has 0 saturated heterocycles. The Morgan fingerprint density at radius 2 is 1.89 bits per heavy atom. The maximum Gasteiger partial charge on any atom is 0.309 e. The molecule has 3 nitrogen and oxygen atoms in total. The van der Waals surface area contributed by atoms with Crippen molar-refractivity contribution in [3.63, 3.8) is 0 Å². The molecule has 0 aromatic carbocycles. The molecule has 0 amide bonds. The Labute approximate surface area is 52.8 Å². The monoisotopic (exact) mass is 127 g/mol. The Balaban J connectivity index is 2.13. The number of carboxylic acid groups (broad SMARTS) is 1. The van der Waals surface area contributed by atoms with Crippen LogP contribution in [0.15, 0.2) is 0 Å². The molecule has 50 valence electrons. The molecule has 9 heavy (non-hydrogen) atoms. The fourth-order valence-electron chi connectivity index (χ4n) is 2.09. The zero-order valence-corrected chi connectivity index (χ0v) is 5.05. The Morgan fingerprint density at radius 1 is 1.44 bits per heavy atom. The highest BCUT2D eigenvalue weighted by molar-refractivity contribution is 5.80. The third kappa shape index (κ3) is 0.399.